The van der Waals surface area contributed by atoms with Crippen LogP contribution in [-0.2, 0) is 22.7 Å². The SMILES string of the molecule is CC(C)(C(=O)N1CC2(CN(C(=O)c3cnn(Cc4ccc(F)cc4)c3)C[C@H]2COCc2cccc(C3CCC(F)(F)CC3)c2C#N)C1)C(F)(F)F. The van der Waals surface area contributed by atoms with Crippen molar-refractivity contribution < 1.29 is 40.7 Å². The first kappa shape index (κ1) is 36.4. The molecule has 3 aromatic rings. The molecule has 0 radical (unpaired) electrons. The van der Waals surface area contributed by atoms with Crippen molar-refractivity contribution in [2.45, 2.75) is 70.7 Å². The molecule has 3 fully saturated rings. The minimum absolute atomic E-state index is 0.0121. The number of nitrogens with zero attached hydrogens (tertiary/aromatic N) is 5. The maximum absolute atomic E-state index is 13.8. The van der Waals surface area contributed by atoms with Crippen LogP contribution in [0.25, 0.3) is 0 Å². The lowest BCUT2D eigenvalue weighted by Crippen LogP contribution is -2.66. The molecule has 1 aliphatic carbocycles. The minimum Gasteiger partial charge on any atom is -0.376 e. The van der Waals surface area contributed by atoms with Crippen molar-refractivity contribution in [1.29, 1.82) is 5.26 Å². The van der Waals surface area contributed by atoms with Crippen molar-refractivity contribution in [2.24, 2.45) is 16.7 Å². The van der Waals surface area contributed by atoms with Gasteiger partial charge in [0.2, 0.25) is 11.8 Å². The third-order valence-electron chi connectivity index (χ3n) is 10.8. The maximum Gasteiger partial charge on any atom is 0.402 e. The van der Waals surface area contributed by atoms with Gasteiger partial charge in [-0.25, -0.2) is 13.2 Å². The Morgan fingerprint density at radius 2 is 1.69 bits per heavy atom. The van der Waals surface area contributed by atoms with Crippen molar-refractivity contribution in [3.05, 3.63) is 88.5 Å². The molecule has 0 N–H and O–H groups in total. The molecule has 1 spiro atoms. The predicted molar refractivity (Wildman–Crippen MR) is 173 cm³/mol. The number of rotatable bonds is 9. The van der Waals surface area contributed by atoms with Crippen LogP contribution in [0.4, 0.5) is 26.3 Å². The number of likely N-dealkylation sites (tertiary alicyclic amines) is 2. The number of benzene rings is 2. The Balaban J connectivity index is 1.16. The van der Waals surface area contributed by atoms with Crippen LogP contribution in [0.5, 0.6) is 0 Å². The van der Waals surface area contributed by atoms with E-state index in [4.69, 9.17) is 4.74 Å². The molecule has 8 nitrogen and oxygen atoms in total. The van der Waals surface area contributed by atoms with Gasteiger partial charge in [0.25, 0.3) is 5.91 Å². The zero-order chi connectivity index (χ0) is 36.8. The average molecular weight is 716 g/mol. The summed E-state index contributed by atoms with van der Waals surface area (Å²) >= 11 is 0. The smallest absolute Gasteiger partial charge is 0.376 e. The third-order valence-corrected chi connectivity index (χ3v) is 10.8. The lowest BCUT2D eigenvalue weighted by molar-refractivity contribution is -0.223. The maximum atomic E-state index is 13.8. The second-order valence-electron chi connectivity index (χ2n) is 14.7. The zero-order valence-electron chi connectivity index (χ0n) is 28.4. The number of carbonyl (C=O) groups excluding carboxylic acids is 2. The van der Waals surface area contributed by atoms with E-state index in [9.17, 15) is 41.2 Å². The highest BCUT2D eigenvalue weighted by molar-refractivity contribution is 5.94. The number of hydrogen-bond acceptors (Lipinski definition) is 5. The molecule has 3 heterocycles. The molecule has 1 aromatic heterocycles. The Morgan fingerprint density at radius 3 is 2.33 bits per heavy atom. The fraction of sp³-hybridized carbons (Fsp3) is 0.514. The van der Waals surface area contributed by atoms with Crippen LogP contribution >= 0.6 is 0 Å². The van der Waals surface area contributed by atoms with Crippen LogP contribution < -0.4 is 0 Å². The van der Waals surface area contributed by atoms with Gasteiger partial charge in [-0.2, -0.15) is 23.5 Å². The summed E-state index contributed by atoms with van der Waals surface area (Å²) in [6.45, 7) is 2.57. The van der Waals surface area contributed by atoms with Crippen molar-refractivity contribution >= 4 is 11.8 Å². The van der Waals surface area contributed by atoms with Gasteiger partial charge in [-0.1, -0.05) is 30.3 Å². The fourth-order valence-electron chi connectivity index (χ4n) is 7.55. The summed E-state index contributed by atoms with van der Waals surface area (Å²) in [6.07, 6.45) is -1.68. The number of ether oxygens (including phenoxy) is 1. The molecule has 0 bridgehead atoms. The first-order chi connectivity index (χ1) is 24.0. The average Bonchev–Trinajstić information content (AvgIpc) is 3.69. The van der Waals surface area contributed by atoms with E-state index >= 15 is 0 Å². The van der Waals surface area contributed by atoms with Gasteiger partial charge in [-0.15, -0.1) is 0 Å². The quantitative estimate of drug-likeness (QED) is 0.224. The van der Waals surface area contributed by atoms with E-state index < -0.39 is 28.8 Å². The Labute approximate surface area is 292 Å². The van der Waals surface area contributed by atoms with E-state index in [1.165, 1.54) is 23.2 Å². The number of amides is 2. The van der Waals surface area contributed by atoms with Crippen molar-refractivity contribution in [3.8, 4) is 6.07 Å². The summed E-state index contributed by atoms with van der Waals surface area (Å²) in [4.78, 5) is 29.5. The van der Waals surface area contributed by atoms with E-state index in [0.29, 0.717) is 28.8 Å². The first-order valence-electron chi connectivity index (χ1n) is 16.9. The largest absolute Gasteiger partial charge is 0.402 e. The highest BCUT2D eigenvalue weighted by Gasteiger charge is 2.61. The predicted octanol–water partition coefficient (Wildman–Crippen LogP) is 6.94. The van der Waals surface area contributed by atoms with E-state index in [-0.39, 0.29) is 88.6 Å². The van der Waals surface area contributed by atoms with Crippen molar-refractivity contribution in [3.63, 3.8) is 0 Å². The van der Waals surface area contributed by atoms with Crippen molar-refractivity contribution in [1.82, 2.24) is 19.6 Å². The molecule has 2 aliphatic heterocycles. The number of alkyl halides is 5. The second-order valence-corrected chi connectivity index (χ2v) is 14.7. The Bertz CT molecular complexity index is 1800. The molecular formula is C37H39F6N5O3. The molecule has 1 atom stereocenters. The van der Waals surface area contributed by atoms with Gasteiger partial charge in [0, 0.05) is 56.6 Å². The Hall–Kier alpha value is -4.38. The van der Waals surface area contributed by atoms with Gasteiger partial charge in [-0.05, 0) is 61.4 Å². The zero-order valence-corrected chi connectivity index (χ0v) is 28.4. The molecule has 3 aliphatic rings. The number of aromatic nitrogens is 2. The molecular weight excluding hydrogens is 676 g/mol. The molecule has 272 valence electrons. The molecule has 1 saturated carbocycles. The van der Waals surface area contributed by atoms with Crippen LogP contribution in [0.1, 0.15) is 78.1 Å². The third kappa shape index (κ3) is 7.36. The van der Waals surface area contributed by atoms with Gasteiger partial charge >= 0.3 is 6.18 Å². The summed E-state index contributed by atoms with van der Waals surface area (Å²) in [5.41, 5.74) is -0.525. The van der Waals surface area contributed by atoms with Gasteiger partial charge in [0.05, 0.1) is 43.2 Å². The van der Waals surface area contributed by atoms with Crippen LogP contribution in [0, 0.1) is 33.9 Å². The van der Waals surface area contributed by atoms with E-state index in [2.05, 4.69) is 11.2 Å². The number of nitriles is 1. The highest BCUT2D eigenvalue weighted by atomic mass is 19.4. The van der Waals surface area contributed by atoms with Crippen molar-refractivity contribution in [2.75, 3.05) is 32.8 Å². The Kier molecular flexibility index (Phi) is 9.73. The van der Waals surface area contributed by atoms with Gasteiger partial charge in [-0.3, -0.25) is 14.3 Å². The summed E-state index contributed by atoms with van der Waals surface area (Å²) in [7, 11) is 0. The number of carbonyl (C=O) groups is 2. The monoisotopic (exact) mass is 715 g/mol. The van der Waals surface area contributed by atoms with Crippen LogP contribution in [-0.4, -0.2) is 76.3 Å². The van der Waals surface area contributed by atoms with E-state index in [1.807, 2.05) is 0 Å². The van der Waals surface area contributed by atoms with Crippen LogP contribution in [0.15, 0.2) is 54.9 Å². The lowest BCUT2D eigenvalue weighted by atomic mass is 9.70. The molecule has 51 heavy (non-hydrogen) atoms. The lowest BCUT2D eigenvalue weighted by Gasteiger charge is -2.52. The Morgan fingerprint density at radius 1 is 1.02 bits per heavy atom. The highest BCUT2D eigenvalue weighted by Crippen LogP contribution is 2.48. The minimum atomic E-state index is -4.74. The topological polar surface area (TPSA) is 91.5 Å². The van der Waals surface area contributed by atoms with E-state index in [1.54, 1.807) is 46.1 Å². The van der Waals surface area contributed by atoms with Gasteiger partial charge in [0.1, 0.15) is 11.2 Å². The number of hydrogen-bond donors (Lipinski definition) is 0. The number of halogens is 6. The summed E-state index contributed by atoms with van der Waals surface area (Å²) in [5, 5.41) is 14.3. The molecule has 0 unspecified atom stereocenters. The van der Waals surface area contributed by atoms with Gasteiger partial charge < -0.3 is 14.5 Å². The molecule has 2 saturated heterocycles. The summed E-state index contributed by atoms with van der Waals surface area (Å²) in [6, 6.07) is 13.4. The summed E-state index contributed by atoms with van der Waals surface area (Å²) in [5.74, 6) is -4.96. The molecule has 2 aromatic carbocycles. The standard InChI is InChI=1S/C37H39F6N5O3/c1-34(2,37(41,42)43)33(50)47-22-35(23-47)21-46(32(49)27-15-45-48(17-27)16-24-6-8-29(38)9-7-24)18-28(35)20-51-19-26-4-3-5-30(31(26)14-44)25-10-12-36(39,40)13-11-25/h3-9,15,17,25,28H,10-13,16,18-23H2,1-2H3/t28-/m0/s1. The van der Waals surface area contributed by atoms with Crippen LogP contribution in [0.3, 0.4) is 0 Å². The molecule has 14 heteroatoms. The molecule has 2 amide bonds. The summed E-state index contributed by atoms with van der Waals surface area (Å²) < 4.78 is 89.9. The van der Waals surface area contributed by atoms with Gasteiger partial charge in [0.15, 0.2) is 0 Å². The molecule has 6 rings (SSSR count). The van der Waals surface area contributed by atoms with E-state index in [0.717, 1.165) is 19.4 Å². The normalized spacial score (nSPS) is 20.3. The van der Waals surface area contributed by atoms with Crippen LogP contribution in [0.2, 0.25) is 0 Å². The fourth-order valence-corrected chi connectivity index (χ4v) is 7.55. The first-order valence-corrected chi connectivity index (χ1v) is 16.9. The second kappa shape index (κ2) is 13.6.